The molecule has 6 heteroatoms. The van der Waals surface area contributed by atoms with Gasteiger partial charge in [0.05, 0.1) is 12.1 Å². The molecule has 1 atom stereocenters. The minimum absolute atomic E-state index is 0.0598. The summed E-state index contributed by atoms with van der Waals surface area (Å²) in [6.07, 6.45) is 5.21. The number of unbranched alkanes of at least 4 members (excludes halogenated alkanes) is 1. The Balaban J connectivity index is 1.58. The van der Waals surface area contributed by atoms with E-state index in [-0.39, 0.29) is 11.9 Å². The van der Waals surface area contributed by atoms with Crippen LogP contribution in [0.2, 0.25) is 0 Å². The zero-order valence-corrected chi connectivity index (χ0v) is 18.2. The Morgan fingerprint density at radius 3 is 2.70 bits per heavy atom. The maximum atomic E-state index is 13.0. The second kappa shape index (κ2) is 10.1. The molecule has 0 spiro atoms. The van der Waals surface area contributed by atoms with E-state index in [1.54, 1.807) is 18.3 Å². The number of carbonyl (C=O) groups is 1. The highest BCUT2D eigenvalue weighted by Gasteiger charge is 2.29. The van der Waals surface area contributed by atoms with Crippen molar-refractivity contribution in [2.24, 2.45) is 0 Å². The van der Waals surface area contributed by atoms with E-state index in [4.69, 9.17) is 0 Å². The third-order valence-electron chi connectivity index (χ3n) is 5.72. The van der Waals surface area contributed by atoms with Crippen LogP contribution < -0.4 is 9.80 Å². The molecule has 158 valence electrons. The quantitative estimate of drug-likeness (QED) is 0.706. The summed E-state index contributed by atoms with van der Waals surface area (Å²) < 4.78 is 0. The number of rotatable bonds is 7. The van der Waals surface area contributed by atoms with E-state index in [0.717, 1.165) is 12.1 Å². The van der Waals surface area contributed by atoms with Crippen molar-refractivity contribution in [3.63, 3.8) is 0 Å². The maximum Gasteiger partial charge on any atom is 0.242 e. The van der Waals surface area contributed by atoms with Gasteiger partial charge in [-0.15, -0.1) is 0 Å². The second-order valence-electron chi connectivity index (χ2n) is 7.99. The number of amides is 1. The number of anilines is 2. The summed E-state index contributed by atoms with van der Waals surface area (Å²) in [7, 11) is 1.97. The lowest BCUT2D eigenvalue weighted by Crippen LogP contribution is -2.56. The Hall–Kier alpha value is -3.07. The van der Waals surface area contributed by atoms with Crippen LogP contribution in [-0.4, -0.2) is 55.1 Å². The first kappa shape index (κ1) is 21.6. The number of nitriles is 1. The fraction of sp³-hybridized carbons (Fsp3) is 0.458. The van der Waals surface area contributed by atoms with Gasteiger partial charge in [-0.3, -0.25) is 4.79 Å². The van der Waals surface area contributed by atoms with E-state index in [9.17, 15) is 10.1 Å². The first-order valence-electron chi connectivity index (χ1n) is 10.7. The van der Waals surface area contributed by atoms with Crippen molar-refractivity contribution < 1.29 is 4.79 Å². The number of nitrogens with zero attached hydrogens (tertiary/aromatic N) is 5. The van der Waals surface area contributed by atoms with Crippen LogP contribution in [0, 0.1) is 11.3 Å². The molecule has 1 saturated heterocycles. The fourth-order valence-electron chi connectivity index (χ4n) is 3.94. The molecular formula is C24H31N5O. The monoisotopic (exact) mass is 405 g/mol. The number of aryl methyl sites for hydroxylation is 1. The molecule has 0 radical (unpaired) electrons. The van der Waals surface area contributed by atoms with Crippen molar-refractivity contribution in [2.75, 3.05) is 43.0 Å². The number of aromatic nitrogens is 1. The van der Waals surface area contributed by atoms with Crippen LogP contribution in [0.3, 0.4) is 0 Å². The number of benzene rings is 1. The van der Waals surface area contributed by atoms with E-state index in [2.05, 4.69) is 54.1 Å². The molecule has 1 aromatic carbocycles. The van der Waals surface area contributed by atoms with Gasteiger partial charge in [-0.05, 0) is 49.6 Å². The Morgan fingerprint density at radius 1 is 1.27 bits per heavy atom. The lowest BCUT2D eigenvalue weighted by atomic mass is 10.1. The summed E-state index contributed by atoms with van der Waals surface area (Å²) in [6, 6.07) is 14.4. The first-order valence-corrected chi connectivity index (χ1v) is 10.7. The summed E-state index contributed by atoms with van der Waals surface area (Å²) >= 11 is 0. The van der Waals surface area contributed by atoms with Gasteiger partial charge in [-0.25, -0.2) is 4.98 Å². The molecule has 30 heavy (non-hydrogen) atoms. The molecule has 0 saturated carbocycles. The molecule has 0 unspecified atom stereocenters. The van der Waals surface area contributed by atoms with Gasteiger partial charge in [0.15, 0.2) is 0 Å². The number of piperazine rings is 1. The Kier molecular flexibility index (Phi) is 7.29. The van der Waals surface area contributed by atoms with E-state index in [1.807, 2.05) is 16.8 Å². The number of pyridine rings is 1. The molecule has 2 aromatic rings. The van der Waals surface area contributed by atoms with Gasteiger partial charge in [-0.1, -0.05) is 25.5 Å². The average Bonchev–Trinajstić information content (AvgIpc) is 2.77. The summed E-state index contributed by atoms with van der Waals surface area (Å²) in [5, 5.41) is 9.34. The van der Waals surface area contributed by atoms with Crippen LogP contribution in [0.25, 0.3) is 0 Å². The standard InChI is InChI=1S/C24H31N5O/c1-4-5-7-20-9-11-22(12-10-20)27(3)18-23(30)29-15-14-28(17-19(29)2)24-21(16-25)8-6-13-26-24/h6,8-13,19H,4-5,7,14-15,17-18H2,1-3H3/t19-/m0/s1. The largest absolute Gasteiger partial charge is 0.365 e. The van der Waals surface area contributed by atoms with Gasteiger partial charge >= 0.3 is 0 Å². The van der Waals surface area contributed by atoms with Crippen molar-refractivity contribution in [1.82, 2.24) is 9.88 Å². The van der Waals surface area contributed by atoms with Crippen molar-refractivity contribution >= 4 is 17.4 Å². The van der Waals surface area contributed by atoms with Crippen LogP contribution in [-0.2, 0) is 11.2 Å². The minimum Gasteiger partial charge on any atom is -0.365 e. The molecule has 1 aromatic heterocycles. The Bertz CT molecular complexity index is 889. The van der Waals surface area contributed by atoms with Crippen LogP contribution in [0.4, 0.5) is 11.5 Å². The minimum atomic E-state index is 0.0598. The normalized spacial score (nSPS) is 16.3. The first-order chi connectivity index (χ1) is 14.5. The molecule has 1 aliphatic rings. The van der Waals surface area contributed by atoms with Gasteiger partial charge < -0.3 is 14.7 Å². The van der Waals surface area contributed by atoms with Gasteiger partial charge in [0.25, 0.3) is 0 Å². The molecule has 1 amide bonds. The van der Waals surface area contributed by atoms with Crippen molar-refractivity contribution in [3.8, 4) is 6.07 Å². The smallest absolute Gasteiger partial charge is 0.242 e. The lowest BCUT2D eigenvalue weighted by molar-refractivity contribution is -0.132. The SMILES string of the molecule is CCCCc1ccc(N(C)CC(=O)N2CCN(c3ncccc3C#N)C[C@@H]2C)cc1. The van der Waals surface area contributed by atoms with Crippen molar-refractivity contribution in [1.29, 1.82) is 5.26 Å². The van der Waals surface area contributed by atoms with E-state index < -0.39 is 0 Å². The van der Waals surface area contributed by atoms with Crippen LogP contribution in [0.1, 0.15) is 37.8 Å². The number of hydrogen-bond acceptors (Lipinski definition) is 5. The van der Waals surface area contributed by atoms with Crippen molar-refractivity contribution in [2.45, 2.75) is 39.2 Å². The van der Waals surface area contributed by atoms with E-state index >= 15 is 0 Å². The molecular weight excluding hydrogens is 374 g/mol. The summed E-state index contributed by atoms with van der Waals surface area (Å²) in [6.45, 7) is 6.59. The highest BCUT2D eigenvalue weighted by molar-refractivity contribution is 5.82. The Labute approximate surface area is 179 Å². The molecule has 3 rings (SSSR count). The third-order valence-corrected chi connectivity index (χ3v) is 5.72. The molecule has 1 aliphatic heterocycles. The predicted molar refractivity (Wildman–Crippen MR) is 121 cm³/mol. The molecule has 6 nitrogen and oxygen atoms in total. The highest BCUT2D eigenvalue weighted by Crippen LogP contribution is 2.21. The maximum absolute atomic E-state index is 13.0. The molecule has 0 bridgehead atoms. The van der Waals surface area contributed by atoms with E-state index in [1.165, 1.54) is 18.4 Å². The van der Waals surface area contributed by atoms with Crippen molar-refractivity contribution in [3.05, 3.63) is 53.7 Å². The van der Waals surface area contributed by atoms with Gasteiger partial charge in [0, 0.05) is 44.6 Å². The molecule has 0 N–H and O–H groups in total. The van der Waals surface area contributed by atoms with Crippen LogP contribution >= 0.6 is 0 Å². The average molecular weight is 406 g/mol. The fourth-order valence-corrected chi connectivity index (χ4v) is 3.94. The van der Waals surface area contributed by atoms with Gasteiger partial charge in [-0.2, -0.15) is 5.26 Å². The second-order valence-corrected chi connectivity index (χ2v) is 7.99. The van der Waals surface area contributed by atoms with Crippen LogP contribution in [0.15, 0.2) is 42.6 Å². The zero-order valence-electron chi connectivity index (χ0n) is 18.2. The van der Waals surface area contributed by atoms with Gasteiger partial charge in [0.2, 0.25) is 5.91 Å². The Morgan fingerprint density at radius 2 is 2.03 bits per heavy atom. The van der Waals surface area contributed by atoms with Gasteiger partial charge in [0.1, 0.15) is 11.9 Å². The molecule has 1 fully saturated rings. The third kappa shape index (κ3) is 5.10. The number of hydrogen-bond donors (Lipinski definition) is 0. The molecule has 0 aliphatic carbocycles. The van der Waals surface area contributed by atoms with Crippen LogP contribution in [0.5, 0.6) is 0 Å². The topological polar surface area (TPSA) is 63.5 Å². The van der Waals surface area contributed by atoms with E-state index in [0.29, 0.717) is 37.6 Å². The summed E-state index contributed by atoms with van der Waals surface area (Å²) in [5.74, 6) is 0.834. The predicted octanol–water partition coefficient (Wildman–Crippen LogP) is 3.47. The molecule has 2 heterocycles. The summed E-state index contributed by atoms with van der Waals surface area (Å²) in [4.78, 5) is 23.4. The summed E-state index contributed by atoms with van der Waals surface area (Å²) in [5.41, 5.74) is 2.98. The zero-order chi connectivity index (χ0) is 21.5. The highest BCUT2D eigenvalue weighted by atomic mass is 16.2. The number of carbonyl (C=O) groups excluding carboxylic acids is 1. The lowest BCUT2D eigenvalue weighted by Gasteiger charge is -2.41. The number of likely N-dealkylation sites (N-methyl/N-ethyl adjacent to an activating group) is 1.